The molecule has 0 atom stereocenters. The van der Waals surface area contributed by atoms with Crippen LogP contribution in [0.25, 0.3) is 0 Å². The van der Waals surface area contributed by atoms with E-state index in [-0.39, 0.29) is 0 Å². The first-order valence-corrected chi connectivity index (χ1v) is 10.1. The first kappa shape index (κ1) is 20.0. The number of alkyl halides is 3. The fraction of sp³-hybridized carbons (Fsp3) is 0.136. The first-order chi connectivity index (χ1) is 13.2. The van der Waals surface area contributed by atoms with Crippen molar-refractivity contribution in [3.05, 3.63) is 90.0 Å². The number of hydrogen-bond acceptors (Lipinski definition) is 2. The van der Waals surface area contributed by atoms with Crippen molar-refractivity contribution in [3.8, 4) is 0 Å². The second-order valence-corrected chi connectivity index (χ2v) is 9.06. The van der Waals surface area contributed by atoms with Gasteiger partial charge in [0.2, 0.25) is 0 Å². The molecule has 2 nitrogen and oxygen atoms in total. The highest BCUT2D eigenvalue weighted by Gasteiger charge is 2.47. The van der Waals surface area contributed by atoms with Crippen molar-refractivity contribution in [3.63, 3.8) is 0 Å². The molecule has 0 bridgehead atoms. The first-order valence-electron chi connectivity index (χ1n) is 8.56. The number of rotatable bonds is 4. The molecule has 0 N–H and O–H groups in total. The Hall–Kier alpha value is -2.73. The number of carbonyl (C=O) groups excluding carboxylic acids is 1. The summed E-state index contributed by atoms with van der Waals surface area (Å²) < 4.78 is 44.9. The monoisotopic (exact) mass is 404 g/mol. The minimum Gasteiger partial charge on any atom is -0.395 e. The standard InChI is InChI=1S/C22H19F3O2S/c1-16-8-12-19(13-9-16)28(18-6-4-3-5-7-18,27-21(26)22(23,24)25)20-14-10-17(2)11-15-20/h3-15H,1-2H3. The van der Waals surface area contributed by atoms with E-state index in [1.165, 1.54) is 0 Å². The van der Waals surface area contributed by atoms with Gasteiger partial charge in [0.05, 0.1) is 0 Å². The van der Waals surface area contributed by atoms with Gasteiger partial charge >= 0.3 is 12.1 Å². The predicted molar refractivity (Wildman–Crippen MR) is 103 cm³/mol. The lowest BCUT2D eigenvalue weighted by Gasteiger charge is -2.40. The van der Waals surface area contributed by atoms with Crippen molar-refractivity contribution in [2.45, 2.75) is 34.7 Å². The van der Waals surface area contributed by atoms with Gasteiger partial charge < -0.3 is 4.18 Å². The number of carbonyl (C=O) groups is 1. The minimum absolute atomic E-state index is 0.514. The van der Waals surface area contributed by atoms with Gasteiger partial charge in [-0.05, 0) is 60.6 Å². The molecule has 0 unspecified atom stereocenters. The molecule has 0 aliphatic heterocycles. The van der Waals surface area contributed by atoms with Crippen molar-refractivity contribution in [2.75, 3.05) is 0 Å². The summed E-state index contributed by atoms with van der Waals surface area (Å²) in [4.78, 5) is 13.6. The van der Waals surface area contributed by atoms with Gasteiger partial charge in [0.15, 0.2) is 0 Å². The van der Waals surface area contributed by atoms with Crippen LogP contribution in [0.5, 0.6) is 0 Å². The van der Waals surface area contributed by atoms with E-state index in [4.69, 9.17) is 4.18 Å². The van der Waals surface area contributed by atoms with Crippen LogP contribution in [0.1, 0.15) is 11.1 Å². The quantitative estimate of drug-likeness (QED) is 0.489. The Bertz CT molecular complexity index is 904. The molecule has 0 heterocycles. The van der Waals surface area contributed by atoms with E-state index >= 15 is 0 Å². The fourth-order valence-corrected chi connectivity index (χ4v) is 5.79. The Morgan fingerprint density at radius 3 is 1.50 bits per heavy atom. The molecule has 0 saturated heterocycles. The van der Waals surface area contributed by atoms with E-state index in [0.29, 0.717) is 14.7 Å². The molecule has 0 amide bonds. The molecule has 0 spiro atoms. The topological polar surface area (TPSA) is 26.3 Å². The SMILES string of the molecule is Cc1ccc(S(OC(=O)C(F)(F)F)(c2ccccc2)c2ccc(C)cc2)cc1. The van der Waals surface area contributed by atoms with E-state index < -0.39 is 22.5 Å². The fourth-order valence-electron chi connectivity index (χ4n) is 2.79. The van der Waals surface area contributed by atoms with E-state index in [9.17, 15) is 18.0 Å². The van der Waals surface area contributed by atoms with Gasteiger partial charge in [-0.25, -0.2) is 4.79 Å². The van der Waals surface area contributed by atoms with Crippen LogP contribution >= 0.6 is 10.3 Å². The van der Waals surface area contributed by atoms with Crippen molar-refractivity contribution in [2.24, 2.45) is 0 Å². The van der Waals surface area contributed by atoms with Crippen LogP contribution in [-0.2, 0) is 8.98 Å². The Balaban J connectivity index is 2.32. The zero-order chi connectivity index (χ0) is 20.4. The van der Waals surface area contributed by atoms with Crippen LogP contribution in [-0.4, -0.2) is 12.1 Å². The number of hydrogen-bond donors (Lipinski definition) is 0. The van der Waals surface area contributed by atoms with Crippen molar-refractivity contribution >= 4 is 16.3 Å². The van der Waals surface area contributed by atoms with Gasteiger partial charge in [-0.15, -0.1) is 0 Å². The molecule has 0 radical (unpaired) electrons. The zero-order valence-corrected chi connectivity index (χ0v) is 16.2. The Morgan fingerprint density at radius 2 is 1.11 bits per heavy atom. The minimum atomic E-state index is -5.09. The van der Waals surface area contributed by atoms with Crippen LogP contribution in [0.3, 0.4) is 0 Å². The van der Waals surface area contributed by atoms with E-state index in [0.717, 1.165) is 11.1 Å². The third-order valence-corrected chi connectivity index (χ3v) is 7.42. The predicted octanol–water partition coefficient (Wildman–Crippen LogP) is 6.61. The average Bonchev–Trinajstić information content (AvgIpc) is 2.67. The molecule has 3 aromatic rings. The summed E-state index contributed by atoms with van der Waals surface area (Å²) in [5.74, 6) is -2.20. The summed E-state index contributed by atoms with van der Waals surface area (Å²) in [6.45, 7) is 3.77. The molecule has 146 valence electrons. The lowest BCUT2D eigenvalue weighted by molar-refractivity contribution is -0.188. The van der Waals surface area contributed by atoms with Gasteiger partial charge in [0.25, 0.3) is 0 Å². The molecule has 28 heavy (non-hydrogen) atoms. The highest BCUT2D eigenvalue weighted by molar-refractivity contribution is 8.30. The molecule has 0 fully saturated rings. The molecular weight excluding hydrogens is 385 g/mol. The third-order valence-electron chi connectivity index (χ3n) is 4.21. The van der Waals surface area contributed by atoms with E-state index in [1.807, 2.05) is 13.8 Å². The van der Waals surface area contributed by atoms with Gasteiger partial charge in [0.1, 0.15) is 0 Å². The number of aryl methyl sites for hydroxylation is 2. The largest absolute Gasteiger partial charge is 0.491 e. The number of benzene rings is 3. The molecule has 0 aliphatic rings. The molecule has 3 rings (SSSR count). The molecule has 0 aliphatic carbocycles. The van der Waals surface area contributed by atoms with Crippen molar-refractivity contribution in [1.29, 1.82) is 0 Å². The van der Waals surface area contributed by atoms with Gasteiger partial charge in [-0.2, -0.15) is 13.2 Å². The second kappa shape index (κ2) is 7.72. The molecular formula is C22H19F3O2S. The van der Waals surface area contributed by atoms with Crippen LogP contribution in [0, 0.1) is 13.8 Å². The summed E-state index contributed by atoms with van der Waals surface area (Å²) in [7, 11) is -2.92. The maximum atomic E-state index is 13.2. The normalized spacial score (nSPS) is 12.5. The Morgan fingerprint density at radius 1 is 0.714 bits per heavy atom. The van der Waals surface area contributed by atoms with E-state index in [2.05, 4.69) is 0 Å². The summed E-state index contributed by atoms with van der Waals surface area (Å²) in [6.07, 6.45) is -5.09. The van der Waals surface area contributed by atoms with Crippen LogP contribution in [0.2, 0.25) is 0 Å². The maximum absolute atomic E-state index is 13.2. The summed E-state index contributed by atoms with van der Waals surface area (Å²) in [5.41, 5.74) is 1.91. The van der Waals surface area contributed by atoms with Crippen LogP contribution in [0.15, 0.2) is 93.5 Å². The highest BCUT2D eigenvalue weighted by atomic mass is 32.3. The Kier molecular flexibility index (Phi) is 5.52. The maximum Gasteiger partial charge on any atom is 0.491 e. The van der Waals surface area contributed by atoms with Gasteiger partial charge in [0, 0.05) is 14.7 Å². The molecule has 3 aromatic carbocycles. The van der Waals surface area contributed by atoms with E-state index in [1.54, 1.807) is 78.9 Å². The third kappa shape index (κ3) is 3.92. The highest BCUT2D eigenvalue weighted by Crippen LogP contribution is 2.69. The van der Waals surface area contributed by atoms with Gasteiger partial charge in [-0.1, -0.05) is 53.6 Å². The lowest BCUT2D eigenvalue weighted by atomic mass is 10.2. The molecule has 6 heteroatoms. The zero-order valence-electron chi connectivity index (χ0n) is 15.4. The lowest BCUT2D eigenvalue weighted by Crippen LogP contribution is -2.27. The van der Waals surface area contributed by atoms with Gasteiger partial charge in [-0.3, -0.25) is 0 Å². The second-order valence-electron chi connectivity index (χ2n) is 6.36. The van der Waals surface area contributed by atoms with Crippen molar-refractivity contribution < 1.29 is 22.1 Å². The summed E-state index contributed by atoms with van der Waals surface area (Å²) in [5, 5.41) is 0. The van der Waals surface area contributed by atoms with Crippen molar-refractivity contribution in [1.82, 2.24) is 0 Å². The summed E-state index contributed by atoms with van der Waals surface area (Å²) >= 11 is 0. The summed E-state index contributed by atoms with van der Waals surface area (Å²) in [6, 6.07) is 22.7. The number of halogens is 3. The molecule has 0 aromatic heterocycles. The van der Waals surface area contributed by atoms with Crippen LogP contribution < -0.4 is 0 Å². The smallest absolute Gasteiger partial charge is 0.395 e. The molecule has 0 saturated carbocycles. The Labute approximate surface area is 163 Å². The average molecular weight is 404 g/mol. The van der Waals surface area contributed by atoms with Crippen LogP contribution in [0.4, 0.5) is 13.2 Å².